The minimum absolute atomic E-state index is 0.0198. The van der Waals surface area contributed by atoms with Crippen molar-refractivity contribution >= 4 is 22.4 Å². The molecule has 2 N–H and O–H groups in total. The van der Waals surface area contributed by atoms with Gasteiger partial charge in [-0.15, -0.1) is 0 Å². The lowest BCUT2D eigenvalue weighted by Crippen LogP contribution is -2.11. The second-order valence-electron chi connectivity index (χ2n) is 2.97. The topological polar surface area (TPSA) is 75.6 Å². The smallest absolute Gasteiger partial charge is 0.138 e. The molecule has 5 heteroatoms. The van der Waals surface area contributed by atoms with Gasteiger partial charge in [0.1, 0.15) is 11.7 Å². The lowest BCUT2D eigenvalue weighted by atomic mass is 10.1. The molecule has 0 radical (unpaired) electrons. The molecule has 0 saturated heterocycles. The maximum Gasteiger partial charge on any atom is 0.138 e. The zero-order valence-electron chi connectivity index (χ0n) is 8.61. The Balaban J connectivity index is 2.88. The molecule has 0 bridgehead atoms. The minimum atomic E-state index is -0.893. The van der Waals surface area contributed by atoms with Crippen LogP contribution in [0.1, 0.15) is 13.1 Å². The van der Waals surface area contributed by atoms with Gasteiger partial charge in [-0.3, -0.25) is 0 Å². The van der Waals surface area contributed by atoms with E-state index in [9.17, 15) is 0 Å². The number of hydrogen-bond acceptors (Lipinski definition) is 4. The van der Waals surface area contributed by atoms with Crippen molar-refractivity contribution in [3.63, 3.8) is 0 Å². The largest absolute Gasteiger partial charge is 0.311 e. The van der Waals surface area contributed by atoms with Crippen LogP contribution in [0.3, 0.4) is 0 Å². The summed E-state index contributed by atoms with van der Waals surface area (Å²) in [7, 11) is 0. The van der Waals surface area contributed by atoms with Crippen molar-refractivity contribution < 1.29 is 1.37 Å². The summed E-state index contributed by atoms with van der Waals surface area (Å²) in [6.45, 7) is 0. The normalized spacial score (nSPS) is 13.3. The molecule has 0 aliphatic heterocycles. The van der Waals surface area contributed by atoms with Crippen LogP contribution in [0.5, 0.6) is 0 Å². The van der Waals surface area contributed by atoms with E-state index in [1.54, 1.807) is 18.2 Å². The maximum absolute atomic E-state index is 8.78. The molecule has 0 spiro atoms. The molecule has 1 heterocycles. The van der Waals surface area contributed by atoms with Gasteiger partial charge in [-0.05, 0) is 6.07 Å². The molecule has 0 aliphatic carbocycles. The number of nitriles is 1. The molecule has 1 unspecified atom stereocenters. The van der Waals surface area contributed by atoms with Crippen molar-refractivity contribution in [1.82, 2.24) is 10.2 Å². The van der Waals surface area contributed by atoms with Gasteiger partial charge in [0.2, 0.25) is 0 Å². The standard InChI is InChI=1S/C10H7ClN4/c11-7-3-1-2-6-5-14-15-10(9(6)7)8(13)4-12/h1-3,5,8H,13H2/i5D. The van der Waals surface area contributed by atoms with Crippen molar-refractivity contribution in [2.45, 2.75) is 6.04 Å². The molecule has 4 nitrogen and oxygen atoms in total. The second-order valence-corrected chi connectivity index (χ2v) is 3.37. The van der Waals surface area contributed by atoms with E-state index < -0.39 is 6.04 Å². The third-order valence-electron chi connectivity index (χ3n) is 2.03. The summed E-state index contributed by atoms with van der Waals surface area (Å²) in [5.41, 5.74) is 5.90. The van der Waals surface area contributed by atoms with E-state index >= 15 is 0 Å². The Hall–Kier alpha value is -1.70. The van der Waals surface area contributed by atoms with Gasteiger partial charge in [0.15, 0.2) is 0 Å². The van der Waals surface area contributed by atoms with Crippen LogP contribution in [0.4, 0.5) is 0 Å². The lowest BCUT2D eigenvalue weighted by Gasteiger charge is -2.06. The number of aromatic nitrogens is 2. The first-order chi connectivity index (χ1) is 7.65. The first kappa shape index (κ1) is 8.60. The lowest BCUT2D eigenvalue weighted by molar-refractivity contribution is 0.841. The predicted octanol–water partition coefficient (Wildman–Crippen LogP) is 1.81. The Morgan fingerprint density at radius 3 is 3.13 bits per heavy atom. The van der Waals surface area contributed by atoms with Gasteiger partial charge in [-0.25, -0.2) is 0 Å². The van der Waals surface area contributed by atoms with E-state index in [0.29, 0.717) is 21.5 Å². The number of fused-ring (bicyclic) bond motifs is 1. The SMILES string of the molecule is [2H]c1nnc(C(N)C#N)c2c(Cl)cccc12. The van der Waals surface area contributed by atoms with E-state index in [1.165, 1.54) is 0 Å². The molecule has 0 amide bonds. The molecule has 0 fully saturated rings. The number of rotatable bonds is 1. The van der Waals surface area contributed by atoms with Crippen LogP contribution in [0.15, 0.2) is 24.4 Å². The number of hydrogen-bond donors (Lipinski definition) is 1. The van der Waals surface area contributed by atoms with Crippen molar-refractivity contribution in [3.05, 3.63) is 35.1 Å². The van der Waals surface area contributed by atoms with Gasteiger partial charge in [-0.2, -0.15) is 15.5 Å². The van der Waals surface area contributed by atoms with Crippen molar-refractivity contribution in [2.24, 2.45) is 5.73 Å². The Morgan fingerprint density at radius 2 is 2.40 bits per heavy atom. The van der Waals surface area contributed by atoms with E-state index in [4.69, 9.17) is 24.0 Å². The number of benzene rings is 1. The third kappa shape index (κ3) is 1.63. The van der Waals surface area contributed by atoms with Crippen LogP contribution in [0.25, 0.3) is 10.8 Å². The van der Waals surface area contributed by atoms with Gasteiger partial charge in [0, 0.05) is 10.8 Å². The highest BCUT2D eigenvalue weighted by atomic mass is 35.5. The third-order valence-corrected chi connectivity index (χ3v) is 2.35. The molecule has 1 atom stereocenters. The van der Waals surface area contributed by atoms with Crippen molar-refractivity contribution in [2.75, 3.05) is 0 Å². The Labute approximate surface area is 92.7 Å². The Kier molecular flexibility index (Phi) is 2.18. The molecule has 74 valence electrons. The number of nitrogens with two attached hydrogens (primary N) is 1. The molecule has 2 rings (SSSR count). The van der Waals surface area contributed by atoms with Crippen LogP contribution in [-0.4, -0.2) is 10.2 Å². The zero-order chi connectivity index (χ0) is 11.7. The molecule has 15 heavy (non-hydrogen) atoms. The van der Waals surface area contributed by atoms with Crippen LogP contribution in [0, 0.1) is 11.3 Å². The van der Waals surface area contributed by atoms with E-state index in [-0.39, 0.29) is 6.17 Å². The molecular formula is C10H7ClN4. The fourth-order valence-electron chi connectivity index (χ4n) is 1.34. The van der Waals surface area contributed by atoms with Crippen LogP contribution in [-0.2, 0) is 0 Å². The summed E-state index contributed by atoms with van der Waals surface area (Å²) >= 11 is 6.02. The zero-order valence-corrected chi connectivity index (χ0v) is 8.36. The quantitative estimate of drug-likeness (QED) is 0.794. The fourth-order valence-corrected chi connectivity index (χ4v) is 1.61. The average Bonchev–Trinajstić information content (AvgIpc) is 2.30. The summed E-state index contributed by atoms with van der Waals surface area (Å²) in [5.74, 6) is 0. The Bertz CT molecular complexity index is 593. The summed E-state index contributed by atoms with van der Waals surface area (Å²) < 4.78 is 7.60. The molecule has 2 aromatic rings. The minimum Gasteiger partial charge on any atom is -0.311 e. The van der Waals surface area contributed by atoms with Crippen molar-refractivity contribution in [1.29, 1.82) is 5.26 Å². The molecule has 1 aromatic carbocycles. The highest BCUT2D eigenvalue weighted by Crippen LogP contribution is 2.27. The van der Waals surface area contributed by atoms with Crippen molar-refractivity contribution in [3.8, 4) is 6.07 Å². The van der Waals surface area contributed by atoms with Crippen LogP contribution in [0.2, 0.25) is 5.02 Å². The van der Waals surface area contributed by atoms with Gasteiger partial charge in [0.05, 0.1) is 18.6 Å². The van der Waals surface area contributed by atoms with E-state index in [2.05, 4.69) is 10.2 Å². The summed E-state index contributed by atoms with van der Waals surface area (Å²) in [6.07, 6.45) is 0.0198. The predicted molar refractivity (Wildman–Crippen MR) is 57.1 cm³/mol. The van der Waals surface area contributed by atoms with Gasteiger partial charge in [-0.1, -0.05) is 23.7 Å². The fraction of sp³-hybridized carbons (Fsp3) is 0.100. The van der Waals surface area contributed by atoms with Crippen LogP contribution >= 0.6 is 11.6 Å². The molecule has 0 aliphatic rings. The van der Waals surface area contributed by atoms with Gasteiger partial charge < -0.3 is 5.73 Å². The second kappa shape index (κ2) is 3.81. The van der Waals surface area contributed by atoms with Gasteiger partial charge in [0.25, 0.3) is 0 Å². The first-order valence-corrected chi connectivity index (χ1v) is 4.59. The van der Waals surface area contributed by atoms with E-state index in [0.717, 1.165) is 0 Å². The molecular weight excluding hydrogens is 212 g/mol. The summed E-state index contributed by atoms with van der Waals surface area (Å²) in [6, 6.07) is 6.06. The Morgan fingerprint density at radius 1 is 1.60 bits per heavy atom. The molecule has 1 aromatic heterocycles. The summed E-state index contributed by atoms with van der Waals surface area (Å²) in [4.78, 5) is 0. The average molecular weight is 220 g/mol. The van der Waals surface area contributed by atoms with E-state index in [1.807, 2.05) is 6.07 Å². The number of nitrogens with zero attached hydrogens (tertiary/aromatic N) is 3. The van der Waals surface area contributed by atoms with Crippen LogP contribution < -0.4 is 5.73 Å². The number of halogens is 1. The first-order valence-electron chi connectivity index (χ1n) is 4.71. The van der Waals surface area contributed by atoms with Gasteiger partial charge >= 0.3 is 0 Å². The monoisotopic (exact) mass is 219 g/mol. The highest BCUT2D eigenvalue weighted by Gasteiger charge is 2.13. The summed E-state index contributed by atoms with van der Waals surface area (Å²) in [5, 5.41) is 17.7. The maximum atomic E-state index is 8.78. The molecule has 0 saturated carbocycles. The highest BCUT2D eigenvalue weighted by molar-refractivity contribution is 6.35.